The second-order valence-electron chi connectivity index (χ2n) is 7.12. The zero-order chi connectivity index (χ0) is 19.7. The van der Waals surface area contributed by atoms with E-state index in [0.29, 0.717) is 23.7 Å². The Morgan fingerprint density at radius 2 is 2.18 bits per heavy atom. The van der Waals surface area contributed by atoms with Crippen molar-refractivity contribution in [2.24, 2.45) is 5.92 Å². The molecule has 2 aromatic heterocycles. The fraction of sp³-hybridized carbons (Fsp3) is 0.400. The number of anilines is 2. The van der Waals surface area contributed by atoms with Crippen molar-refractivity contribution >= 4 is 28.5 Å². The first-order chi connectivity index (χ1) is 13.6. The number of hydrogen-bond donors (Lipinski definition) is 1. The Labute approximate surface area is 162 Å². The number of rotatable bonds is 4. The molecule has 0 radical (unpaired) electrons. The number of nitrogens with one attached hydrogen (secondary N) is 1. The van der Waals surface area contributed by atoms with E-state index in [2.05, 4.69) is 25.3 Å². The van der Waals surface area contributed by atoms with Gasteiger partial charge in [-0.15, -0.1) is 0 Å². The Morgan fingerprint density at radius 3 is 3.00 bits per heavy atom. The van der Waals surface area contributed by atoms with E-state index in [0.717, 1.165) is 41.8 Å². The van der Waals surface area contributed by atoms with Crippen LogP contribution in [-0.2, 0) is 4.79 Å². The Morgan fingerprint density at radius 1 is 1.32 bits per heavy atom. The van der Waals surface area contributed by atoms with Crippen LogP contribution in [0.3, 0.4) is 0 Å². The molecule has 0 saturated carbocycles. The van der Waals surface area contributed by atoms with Crippen LogP contribution in [0.25, 0.3) is 11.1 Å². The van der Waals surface area contributed by atoms with Crippen molar-refractivity contribution < 1.29 is 14.1 Å². The number of piperidine rings is 1. The van der Waals surface area contributed by atoms with Gasteiger partial charge in [-0.3, -0.25) is 4.79 Å². The van der Waals surface area contributed by atoms with Crippen molar-refractivity contribution in [2.75, 3.05) is 30.4 Å². The van der Waals surface area contributed by atoms with Crippen LogP contribution in [0.15, 0.2) is 29.0 Å². The van der Waals surface area contributed by atoms with Crippen molar-refractivity contribution in [1.82, 2.24) is 15.1 Å². The van der Waals surface area contributed by atoms with Gasteiger partial charge in [-0.1, -0.05) is 11.2 Å². The van der Waals surface area contributed by atoms with Gasteiger partial charge in [0.2, 0.25) is 5.91 Å². The molecule has 1 aromatic carbocycles. The van der Waals surface area contributed by atoms with Gasteiger partial charge in [-0.25, -0.2) is 4.98 Å². The highest BCUT2D eigenvalue weighted by molar-refractivity contribution is 5.95. The normalized spacial score (nSPS) is 17.0. The Bertz CT molecular complexity index is 1020. The molecule has 0 unspecified atom stereocenters. The summed E-state index contributed by atoms with van der Waals surface area (Å²) in [6.07, 6.45) is 3.20. The van der Waals surface area contributed by atoms with Crippen molar-refractivity contribution in [2.45, 2.75) is 26.7 Å². The van der Waals surface area contributed by atoms with Crippen molar-refractivity contribution in [3.05, 3.63) is 35.8 Å². The van der Waals surface area contributed by atoms with Crippen LogP contribution >= 0.6 is 0 Å². The molecule has 3 aromatic rings. The molecule has 1 atom stereocenters. The van der Waals surface area contributed by atoms with E-state index in [1.54, 1.807) is 7.11 Å². The minimum Gasteiger partial charge on any atom is -0.495 e. The number of carbonyl (C=O) groups is 1. The molecule has 0 aliphatic carbocycles. The van der Waals surface area contributed by atoms with Crippen LogP contribution in [0.4, 0.5) is 11.5 Å². The molecule has 8 nitrogen and oxygen atoms in total. The molecule has 1 saturated heterocycles. The zero-order valence-electron chi connectivity index (χ0n) is 16.2. The fourth-order valence-corrected chi connectivity index (χ4v) is 3.68. The number of methoxy groups -OCH3 is 1. The minimum atomic E-state index is -0.149. The quantitative estimate of drug-likeness (QED) is 0.742. The standard InChI is InChI=1S/C20H23N5O3/c1-12-6-7-16(27-3)15(9-12)23-19(26)14-5-4-8-25(10-14)18-17-13(2)24-28-20(17)22-11-21-18/h6-7,9,11,14H,4-5,8,10H2,1-3H3,(H,23,26)/t14-/m0/s1. The number of ether oxygens (including phenoxy) is 1. The van der Waals surface area contributed by atoms with Gasteiger partial charge in [-0.2, -0.15) is 4.98 Å². The third-order valence-corrected chi connectivity index (χ3v) is 5.13. The van der Waals surface area contributed by atoms with Crippen LogP contribution in [-0.4, -0.2) is 41.2 Å². The van der Waals surface area contributed by atoms with E-state index in [1.807, 2.05) is 32.0 Å². The van der Waals surface area contributed by atoms with E-state index in [9.17, 15) is 4.79 Å². The average Bonchev–Trinajstić information content (AvgIpc) is 3.09. The smallest absolute Gasteiger partial charge is 0.263 e. The first-order valence-electron chi connectivity index (χ1n) is 9.34. The van der Waals surface area contributed by atoms with Crippen LogP contribution < -0.4 is 15.0 Å². The predicted octanol–water partition coefficient (Wildman–Crippen LogP) is 3.10. The second kappa shape index (κ2) is 7.46. The first kappa shape index (κ1) is 18.2. The van der Waals surface area contributed by atoms with Gasteiger partial charge in [0, 0.05) is 13.1 Å². The summed E-state index contributed by atoms with van der Waals surface area (Å²) in [6, 6.07) is 5.74. The van der Waals surface area contributed by atoms with E-state index in [4.69, 9.17) is 9.26 Å². The van der Waals surface area contributed by atoms with E-state index in [1.165, 1.54) is 6.33 Å². The van der Waals surface area contributed by atoms with Crippen LogP contribution in [0.1, 0.15) is 24.1 Å². The predicted molar refractivity (Wildman–Crippen MR) is 106 cm³/mol. The lowest BCUT2D eigenvalue weighted by Crippen LogP contribution is -2.41. The van der Waals surface area contributed by atoms with Crippen molar-refractivity contribution in [3.8, 4) is 5.75 Å². The van der Waals surface area contributed by atoms with Crippen LogP contribution in [0.2, 0.25) is 0 Å². The molecule has 3 heterocycles. The molecular formula is C20H23N5O3. The number of aryl methyl sites for hydroxylation is 2. The van der Waals surface area contributed by atoms with Gasteiger partial charge in [0.15, 0.2) is 0 Å². The van der Waals surface area contributed by atoms with Gasteiger partial charge in [0.05, 0.1) is 24.4 Å². The summed E-state index contributed by atoms with van der Waals surface area (Å²) in [7, 11) is 1.60. The first-order valence-corrected chi connectivity index (χ1v) is 9.34. The van der Waals surface area contributed by atoms with Crippen molar-refractivity contribution in [1.29, 1.82) is 0 Å². The minimum absolute atomic E-state index is 0.0130. The van der Waals surface area contributed by atoms with E-state index >= 15 is 0 Å². The summed E-state index contributed by atoms with van der Waals surface area (Å²) in [4.78, 5) is 23.6. The molecule has 1 amide bonds. The highest BCUT2D eigenvalue weighted by atomic mass is 16.5. The lowest BCUT2D eigenvalue weighted by Gasteiger charge is -2.33. The highest BCUT2D eigenvalue weighted by Gasteiger charge is 2.29. The third kappa shape index (κ3) is 3.37. The van der Waals surface area contributed by atoms with Crippen molar-refractivity contribution in [3.63, 3.8) is 0 Å². The van der Waals surface area contributed by atoms with E-state index in [-0.39, 0.29) is 11.8 Å². The number of nitrogens with zero attached hydrogens (tertiary/aromatic N) is 4. The van der Waals surface area contributed by atoms with Gasteiger partial charge in [0.25, 0.3) is 5.71 Å². The van der Waals surface area contributed by atoms with Crippen LogP contribution in [0.5, 0.6) is 5.75 Å². The molecule has 1 aliphatic rings. The van der Waals surface area contributed by atoms with Gasteiger partial charge in [-0.05, 0) is 44.4 Å². The number of amides is 1. The summed E-state index contributed by atoms with van der Waals surface area (Å²) in [5, 5.41) is 7.83. The second-order valence-corrected chi connectivity index (χ2v) is 7.12. The topological polar surface area (TPSA) is 93.4 Å². The molecule has 0 bridgehead atoms. The van der Waals surface area contributed by atoms with E-state index < -0.39 is 0 Å². The van der Waals surface area contributed by atoms with Gasteiger partial charge < -0.3 is 19.5 Å². The highest BCUT2D eigenvalue weighted by Crippen LogP contribution is 2.31. The zero-order valence-corrected chi connectivity index (χ0v) is 16.2. The molecule has 8 heteroatoms. The molecule has 0 spiro atoms. The molecule has 28 heavy (non-hydrogen) atoms. The maximum absolute atomic E-state index is 12.9. The van der Waals surface area contributed by atoms with Gasteiger partial charge in [0.1, 0.15) is 23.3 Å². The Hall–Kier alpha value is -3.16. The largest absolute Gasteiger partial charge is 0.495 e. The molecule has 1 N–H and O–H groups in total. The number of hydrogen-bond acceptors (Lipinski definition) is 7. The summed E-state index contributed by atoms with van der Waals surface area (Å²) in [6.45, 7) is 5.26. The molecule has 1 fully saturated rings. The maximum Gasteiger partial charge on any atom is 0.263 e. The molecule has 4 rings (SSSR count). The number of fused-ring (bicyclic) bond motifs is 1. The lowest BCUT2D eigenvalue weighted by atomic mass is 9.96. The third-order valence-electron chi connectivity index (χ3n) is 5.13. The molecule has 1 aliphatic heterocycles. The number of benzene rings is 1. The van der Waals surface area contributed by atoms with Gasteiger partial charge >= 0.3 is 0 Å². The summed E-state index contributed by atoms with van der Waals surface area (Å²) in [5.41, 5.74) is 2.98. The SMILES string of the molecule is COc1ccc(C)cc1NC(=O)[C@H]1CCCN(c2ncnc3onc(C)c23)C1. The maximum atomic E-state index is 12.9. The molecule has 146 valence electrons. The lowest BCUT2D eigenvalue weighted by molar-refractivity contribution is -0.120. The summed E-state index contributed by atoms with van der Waals surface area (Å²) < 4.78 is 10.6. The Kier molecular flexibility index (Phi) is 4.85. The number of carbonyl (C=O) groups excluding carboxylic acids is 1. The summed E-state index contributed by atoms with van der Waals surface area (Å²) in [5.74, 6) is 1.27. The molecular weight excluding hydrogens is 358 g/mol. The van der Waals surface area contributed by atoms with Crippen LogP contribution in [0, 0.1) is 19.8 Å². The average molecular weight is 381 g/mol. The monoisotopic (exact) mass is 381 g/mol. The fourth-order valence-electron chi connectivity index (χ4n) is 3.68. The Balaban J connectivity index is 1.55. The summed E-state index contributed by atoms with van der Waals surface area (Å²) >= 11 is 0. The number of aromatic nitrogens is 3.